The summed E-state index contributed by atoms with van der Waals surface area (Å²) in [6.07, 6.45) is -15.1. The van der Waals surface area contributed by atoms with Gasteiger partial charge in [-0.3, -0.25) is 0 Å². The first kappa shape index (κ1) is 21.6. The van der Waals surface area contributed by atoms with E-state index in [2.05, 4.69) is 9.78 Å². The SMILES string of the molecule is OC[C@@H](O)[C@@H](O)[C@H](O)[C@@H](CO)OO[C@H]1O[C@H](CO)[C@H](O)[C@H](O)[C@H]1O. The predicted octanol–water partition coefficient (Wildman–Crippen LogP) is -5.83. The minimum absolute atomic E-state index is 0.696. The molecule has 0 aromatic heterocycles. The van der Waals surface area contributed by atoms with Gasteiger partial charge >= 0.3 is 0 Å². The zero-order valence-electron chi connectivity index (χ0n) is 12.6. The van der Waals surface area contributed by atoms with Crippen molar-refractivity contribution in [3.8, 4) is 0 Å². The summed E-state index contributed by atoms with van der Waals surface area (Å²) in [7, 11) is 0. The maximum atomic E-state index is 9.75. The highest BCUT2D eigenvalue weighted by Gasteiger charge is 2.45. The zero-order chi connectivity index (χ0) is 18.4. The summed E-state index contributed by atoms with van der Waals surface area (Å²) in [4.78, 5) is 9.30. The lowest BCUT2D eigenvalue weighted by atomic mass is 9.99. The van der Waals surface area contributed by atoms with E-state index in [1.54, 1.807) is 0 Å². The first-order chi connectivity index (χ1) is 11.3. The van der Waals surface area contributed by atoms with Crippen molar-refractivity contribution in [2.24, 2.45) is 0 Å². The van der Waals surface area contributed by atoms with Gasteiger partial charge in [-0.1, -0.05) is 0 Å². The average molecular weight is 360 g/mol. The van der Waals surface area contributed by atoms with Crippen LogP contribution >= 0.6 is 0 Å². The summed E-state index contributed by atoms with van der Waals surface area (Å²) < 4.78 is 4.96. The fourth-order valence-corrected chi connectivity index (χ4v) is 2.02. The molecule has 0 unspecified atom stereocenters. The molecule has 0 amide bonds. The lowest BCUT2D eigenvalue weighted by Gasteiger charge is -2.39. The van der Waals surface area contributed by atoms with Gasteiger partial charge in [0.1, 0.15) is 48.8 Å². The maximum absolute atomic E-state index is 9.75. The fourth-order valence-electron chi connectivity index (χ4n) is 2.02. The molecule has 0 radical (unpaired) electrons. The molecule has 1 aliphatic rings. The smallest absolute Gasteiger partial charge is 0.220 e. The molecule has 1 heterocycles. The van der Waals surface area contributed by atoms with Crippen LogP contribution in [0.15, 0.2) is 0 Å². The van der Waals surface area contributed by atoms with Crippen LogP contribution in [-0.2, 0) is 14.5 Å². The molecule has 1 fully saturated rings. The molecule has 0 bridgehead atoms. The highest BCUT2D eigenvalue weighted by molar-refractivity contribution is 4.88. The summed E-state index contributed by atoms with van der Waals surface area (Å²) in [6, 6.07) is 0. The van der Waals surface area contributed by atoms with E-state index >= 15 is 0 Å². The summed E-state index contributed by atoms with van der Waals surface area (Å²) >= 11 is 0. The van der Waals surface area contributed by atoms with Crippen molar-refractivity contribution >= 4 is 0 Å². The second-order valence-corrected chi connectivity index (χ2v) is 5.34. The van der Waals surface area contributed by atoms with Crippen LogP contribution < -0.4 is 0 Å². The van der Waals surface area contributed by atoms with Crippen molar-refractivity contribution in [1.29, 1.82) is 0 Å². The third-order valence-electron chi connectivity index (χ3n) is 3.61. The van der Waals surface area contributed by atoms with Gasteiger partial charge in [0.2, 0.25) is 6.29 Å². The Kier molecular flexibility index (Phi) is 8.86. The van der Waals surface area contributed by atoms with E-state index in [0.29, 0.717) is 0 Å². The van der Waals surface area contributed by atoms with Crippen molar-refractivity contribution in [2.75, 3.05) is 19.8 Å². The second kappa shape index (κ2) is 9.86. The maximum Gasteiger partial charge on any atom is 0.220 e. The minimum atomic E-state index is -1.87. The van der Waals surface area contributed by atoms with Gasteiger partial charge in [0, 0.05) is 0 Å². The quantitative estimate of drug-likeness (QED) is 0.139. The van der Waals surface area contributed by atoms with E-state index < -0.39 is 74.9 Å². The number of aliphatic hydroxyl groups is 9. The molecule has 1 aliphatic heterocycles. The number of rotatable bonds is 9. The van der Waals surface area contributed by atoms with Gasteiger partial charge in [-0.25, -0.2) is 9.78 Å². The summed E-state index contributed by atoms with van der Waals surface area (Å²) in [5.41, 5.74) is 0. The third-order valence-corrected chi connectivity index (χ3v) is 3.61. The van der Waals surface area contributed by atoms with Crippen molar-refractivity contribution in [2.45, 2.75) is 55.1 Å². The van der Waals surface area contributed by atoms with Crippen LogP contribution in [0.25, 0.3) is 0 Å². The zero-order valence-corrected chi connectivity index (χ0v) is 12.6. The normalized spacial score (nSPS) is 36.1. The van der Waals surface area contributed by atoms with Crippen LogP contribution in [0.1, 0.15) is 0 Å². The van der Waals surface area contributed by atoms with E-state index in [1.807, 2.05) is 0 Å². The monoisotopic (exact) mass is 360 g/mol. The molecule has 0 spiro atoms. The number of ether oxygens (including phenoxy) is 1. The molecule has 1 saturated heterocycles. The van der Waals surface area contributed by atoms with Crippen molar-refractivity contribution in [3.63, 3.8) is 0 Å². The summed E-state index contributed by atoms with van der Waals surface area (Å²) in [6.45, 7) is -2.43. The Hall–Kier alpha value is -0.480. The molecule has 12 nitrogen and oxygen atoms in total. The number of hydrogen-bond donors (Lipinski definition) is 9. The predicted molar refractivity (Wildman–Crippen MR) is 71.9 cm³/mol. The topological polar surface area (TPSA) is 210 Å². The van der Waals surface area contributed by atoms with Crippen molar-refractivity contribution in [3.05, 3.63) is 0 Å². The van der Waals surface area contributed by atoms with Crippen LogP contribution in [0.5, 0.6) is 0 Å². The molecular formula is C12H24O12. The van der Waals surface area contributed by atoms with Crippen molar-refractivity contribution < 1.29 is 60.5 Å². The third kappa shape index (κ3) is 5.01. The van der Waals surface area contributed by atoms with E-state index in [4.69, 9.17) is 20.1 Å². The van der Waals surface area contributed by atoms with Gasteiger partial charge in [-0.15, -0.1) is 0 Å². The number of aliphatic hydroxyl groups excluding tert-OH is 9. The van der Waals surface area contributed by atoms with E-state index in [-0.39, 0.29) is 0 Å². The molecule has 0 aromatic rings. The van der Waals surface area contributed by atoms with Gasteiger partial charge in [-0.2, -0.15) is 0 Å². The first-order valence-corrected chi connectivity index (χ1v) is 7.17. The van der Waals surface area contributed by atoms with Gasteiger partial charge in [0.05, 0.1) is 19.8 Å². The van der Waals surface area contributed by atoms with Crippen LogP contribution in [-0.4, -0.2) is 121 Å². The van der Waals surface area contributed by atoms with Crippen molar-refractivity contribution in [1.82, 2.24) is 0 Å². The Morgan fingerprint density at radius 1 is 0.833 bits per heavy atom. The Morgan fingerprint density at radius 2 is 1.46 bits per heavy atom. The summed E-state index contributed by atoms with van der Waals surface area (Å²) in [5.74, 6) is 0. The molecule has 144 valence electrons. The molecule has 1 rings (SSSR count). The molecule has 9 N–H and O–H groups in total. The highest BCUT2D eigenvalue weighted by Crippen LogP contribution is 2.23. The molecule has 24 heavy (non-hydrogen) atoms. The standard InChI is InChI=1S/C12H24O12/c13-1-4(16)7(17)9(19)6(3-15)23-24-12-11(21)10(20)8(18)5(2-14)22-12/h4-21H,1-3H2/t4-,5-,6-,7-,8+,9-,10+,11-,12-/m1/s1. The largest absolute Gasteiger partial charge is 0.394 e. The van der Waals surface area contributed by atoms with Crippen LogP contribution in [0.2, 0.25) is 0 Å². The van der Waals surface area contributed by atoms with Gasteiger partial charge in [0.15, 0.2) is 0 Å². The number of hydrogen-bond acceptors (Lipinski definition) is 12. The van der Waals surface area contributed by atoms with E-state index in [9.17, 15) is 30.6 Å². The van der Waals surface area contributed by atoms with Gasteiger partial charge in [-0.05, 0) is 0 Å². The Morgan fingerprint density at radius 3 is 1.96 bits per heavy atom. The molecule has 12 heteroatoms. The average Bonchev–Trinajstić information content (AvgIpc) is 2.60. The van der Waals surface area contributed by atoms with Gasteiger partial charge < -0.3 is 50.7 Å². The Bertz CT molecular complexity index is 355. The fraction of sp³-hybridized carbons (Fsp3) is 1.00. The first-order valence-electron chi connectivity index (χ1n) is 7.17. The Balaban J connectivity index is 2.64. The van der Waals surface area contributed by atoms with E-state index in [0.717, 1.165) is 0 Å². The molecular weight excluding hydrogens is 336 g/mol. The minimum Gasteiger partial charge on any atom is -0.394 e. The van der Waals surface area contributed by atoms with E-state index in [1.165, 1.54) is 0 Å². The van der Waals surface area contributed by atoms with Gasteiger partial charge in [0.25, 0.3) is 0 Å². The van der Waals surface area contributed by atoms with Crippen LogP contribution in [0, 0.1) is 0 Å². The summed E-state index contributed by atoms with van der Waals surface area (Å²) in [5, 5.41) is 84.3. The highest BCUT2D eigenvalue weighted by atomic mass is 17.2. The second-order valence-electron chi connectivity index (χ2n) is 5.34. The Labute approximate surface area is 136 Å². The van der Waals surface area contributed by atoms with Crippen LogP contribution in [0.4, 0.5) is 0 Å². The lowest BCUT2D eigenvalue weighted by molar-refractivity contribution is -0.448. The van der Waals surface area contributed by atoms with Crippen LogP contribution in [0.3, 0.4) is 0 Å². The molecule has 0 saturated carbocycles. The molecule has 0 aliphatic carbocycles. The molecule has 9 atom stereocenters. The molecule has 0 aromatic carbocycles. The lowest BCUT2D eigenvalue weighted by Crippen LogP contribution is -2.59.